The zero-order valence-corrected chi connectivity index (χ0v) is 14.9. The van der Waals surface area contributed by atoms with E-state index >= 15 is 0 Å². The molecule has 1 saturated carbocycles. The van der Waals surface area contributed by atoms with Crippen molar-refractivity contribution < 1.29 is 4.79 Å². The molecule has 1 amide bonds. The predicted molar refractivity (Wildman–Crippen MR) is 97.2 cm³/mol. The Morgan fingerprint density at radius 2 is 2.00 bits per heavy atom. The number of nitrogens with one attached hydrogen (secondary N) is 1. The first kappa shape index (κ1) is 17.7. The normalized spacial score (nSPS) is 24.6. The Morgan fingerprint density at radius 1 is 1.28 bits per heavy atom. The molecule has 1 N–H and O–H groups in total. The summed E-state index contributed by atoms with van der Waals surface area (Å²) in [4.78, 5) is 21.0. The molecule has 3 rings (SSSR count). The van der Waals surface area contributed by atoms with Crippen LogP contribution in [0.1, 0.15) is 38.2 Å². The van der Waals surface area contributed by atoms with E-state index in [2.05, 4.69) is 33.1 Å². The van der Waals surface area contributed by atoms with Gasteiger partial charge in [0.15, 0.2) is 0 Å². The topological polar surface area (TPSA) is 72.3 Å². The van der Waals surface area contributed by atoms with E-state index < -0.39 is 0 Å². The van der Waals surface area contributed by atoms with Crippen molar-refractivity contribution in [2.24, 2.45) is 5.92 Å². The van der Waals surface area contributed by atoms with Crippen LogP contribution in [-0.2, 0) is 4.79 Å². The summed E-state index contributed by atoms with van der Waals surface area (Å²) in [6.07, 6.45) is 6.37. The maximum atomic E-state index is 12.3. The van der Waals surface area contributed by atoms with Crippen LogP contribution in [0.2, 0.25) is 0 Å². The van der Waals surface area contributed by atoms with Crippen LogP contribution in [0.3, 0.4) is 0 Å². The number of hydrogen-bond acceptors (Lipinski definition) is 5. The molecule has 1 aromatic rings. The Morgan fingerprint density at radius 3 is 2.68 bits per heavy atom. The van der Waals surface area contributed by atoms with Gasteiger partial charge in [0.25, 0.3) is 0 Å². The van der Waals surface area contributed by atoms with E-state index in [0.29, 0.717) is 18.2 Å². The number of piperazine rings is 1. The Hall–Kier alpha value is -2.13. The molecule has 2 aliphatic rings. The van der Waals surface area contributed by atoms with Gasteiger partial charge in [0.05, 0.1) is 12.1 Å². The van der Waals surface area contributed by atoms with Crippen molar-refractivity contribution in [3.63, 3.8) is 0 Å². The van der Waals surface area contributed by atoms with Gasteiger partial charge in [0, 0.05) is 38.4 Å². The van der Waals surface area contributed by atoms with Crippen molar-refractivity contribution in [2.45, 2.75) is 38.6 Å². The van der Waals surface area contributed by atoms with Gasteiger partial charge in [-0.2, -0.15) is 5.26 Å². The Kier molecular flexibility index (Phi) is 5.87. The van der Waals surface area contributed by atoms with Gasteiger partial charge in [-0.1, -0.05) is 6.92 Å². The summed E-state index contributed by atoms with van der Waals surface area (Å²) in [7, 11) is 0. The molecule has 2 fully saturated rings. The van der Waals surface area contributed by atoms with E-state index in [1.165, 1.54) is 12.8 Å². The molecule has 0 atom stereocenters. The second-order valence-electron chi connectivity index (χ2n) is 7.27. The largest absolute Gasteiger partial charge is 0.353 e. The maximum absolute atomic E-state index is 12.3. The highest BCUT2D eigenvalue weighted by Gasteiger charge is 2.24. The molecule has 0 spiro atoms. The van der Waals surface area contributed by atoms with Gasteiger partial charge >= 0.3 is 0 Å². The third kappa shape index (κ3) is 4.70. The third-order valence-corrected chi connectivity index (χ3v) is 5.33. The number of aromatic nitrogens is 1. The molecule has 0 radical (unpaired) electrons. The summed E-state index contributed by atoms with van der Waals surface area (Å²) in [6, 6.07) is 6.15. The minimum Gasteiger partial charge on any atom is -0.353 e. The number of pyridine rings is 1. The molecular weight excluding hydrogens is 314 g/mol. The molecule has 0 bridgehead atoms. The van der Waals surface area contributed by atoms with Gasteiger partial charge in [-0.25, -0.2) is 4.98 Å². The average molecular weight is 341 g/mol. The lowest BCUT2D eigenvalue weighted by atomic mass is 9.87. The van der Waals surface area contributed by atoms with Crippen LogP contribution < -0.4 is 10.2 Å². The van der Waals surface area contributed by atoms with Crippen molar-refractivity contribution in [3.8, 4) is 6.07 Å². The molecule has 0 unspecified atom stereocenters. The Labute approximate surface area is 149 Å². The van der Waals surface area contributed by atoms with Crippen molar-refractivity contribution in [2.75, 3.05) is 37.6 Å². The van der Waals surface area contributed by atoms with Crippen LogP contribution in [-0.4, -0.2) is 54.6 Å². The summed E-state index contributed by atoms with van der Waals surface area (Å²) >= 11 is 0. The first-order valence-corrected chi connectivity index (χ1v) is 9.27. The smallest absolute Gasteiger partial charge is 0.234 e. The lowest BCUT2D eigenvalue weighted by Crippen LogP contribution is -2.51. The summed E-state index contributed by atoms with van der Waals surface area (Å²) < 4.78 is 0. The summed E-state index contributed by atoms with van der Waals surface area (Å²) in [5, 5.41) is 12.4. The number of hydrogen-bond donors (Lipinski definition) is 1. The third-order valence-electron chi connectivity index (χ3n) is 5.33. The summed E-state index contributed by atoms with van der Waals surface area (Å²) in [5.41, 5.74) is 0.611. The quantitative estimate of drug-likeness (QED) is 0.904. The SMILES string of the molecule is CC1CCC(NC(=O)CN2CCN(c3ncccc3C#N)CC2)CC1. The van der Waals surface area contributed by atoms with Crippen molar-refractivity contribution in [3.05, 3.63) is 23.9 Å². The van der Waals surface area contributed by atoms with E-state index in [9.17, 15) is 10.1 Å². The predicted octanol–water partition coefficient (Wildman–Crippen LogP) is 1.77. The van der Waals surface area contributed by atoms with Crippen molar-refractivity contribution >= 4 is 11.7 Å². The van der Waals surface area contributed by atoms with E-state index in [0.717, 1.165) is 50.8 Å². The van der Waals surface area contributed by atoms with Crippen molar-refractivity contribution in [1.29, 1.82) is 5.26 Å². The second-order valence-corrected chi connectivity index (χ2v) is 7.27. The van der Waals surface area contributed by atoms with E-state index in [1.54, 1.807) is 18.3 Å². The van der Waals surface area contributed by atoms with Crippen LogP contribution >= 0.6 is 0 Å². The number of anilines is 1. The Balaban J connectivity index is 1.45. The number of rotatable bonds is 4. The lowest BCUT2D eigenvalue weighted by molar-refractivity contribution is -0.123. The molecular formula is C19H27N5O. The molecule has 1 saturated heterocycles. The highest BCUT2D eigenvalue weighted by atomic mass is 16.2. The van der Waals surface area contributed by atoms with Gasteiger partial charge in [-0.3, -0.25) is 9.69 Å². The maximum Gasteiger partial charge on any atom is 0.234 e. The van der Waals surface area contributed by atoms with Crippen LogP contribution in [0.4, 0.5) is 5.82 Å². The minimum atomic E-state index is 0.142. The Bertz CT molecular complexity index is 625. The molecule has 2 heterocycles. The molecule has 6 nitrogen and oxygen atoms in total. The lowest BCUT2D eigenvalue weighted by Gasteiger charge is -2.35. The monoisotopic (exact) mass is 341 g/mol. The zero-order chi connectivity index (χ0) is 17.6. The summed E-state index contributed by atoms with van der Waals surface area (Å²) in [6.45, 7) is 5.97. The fourth-order valence-corrected chi connectivity index (χ4v) is 3.73. The van der Waals surface area contributed by atoms with Crippen molar-refractivity contribution in [1.82, 2.24) is 15.2 Å². The highest BCUT2D eigenvalue weighted by Crippen LogP contribution is 2.23. The van der Waals surface area contributed by atoms with Gasteiger partial charge < -0.3 is 10.2 Å². The molecule has 25 heavy (non-hydrogen) atoms. The van der Waals surface area contributed by atoms with Crippen LogP contribution in [0, 0.1) is 17.2 Å². The van der Waals surface area contributed by atoms with E-state index in [1.807, 2.05) is 0 Å². The molecule has 1 aliphatic heterocycles. The zero-order valence-electron chi connectivity index (χ0n) is 14.9. The fourth-order valence-electron chi connectivity index (χ4n) is 3.73. The first-order chi connectivity index (χ1) is 12.2. The van der Waals surface area contributed by atoms with Gasteiger partial charge in [-0.15, -0.1) is 0 Å². The van der Waals surface area contributed by atoms with Gasteiger partial charge in [0.2, 0.25) is 5.91 Å². The first-order valence-electron chi connectivity index (χ1n) is 9.27. The molecule has 1 aliphatic carbocycles. The van der Waals surface area contributed by atoms with Crippen LogP contribution in [0.15, 0.2) is 18.3 Å². The number of nitrogens with zero attached hydrogens (tertiary/aromatic N) is 4. The molecule has 134 valence electrons. The number of amides is 1. The standard InChI is InChI=1S/C19H27N5O/c1-15-4-6-17(7-5-15)22-18(25)14-23-9-11-24(12-10-23)19-16(13-20)3-2-8-21-19/h2-3,8,15,17H,4-7,9-12,14H2,1H3,(H,22,25). The number of carbonyl (C=O) groups is 1. The van der Waals surface area contributed by atoms with Gasteiger partial charge in [0.1, 0.15) is 11.9 Å². The molecule has 6 heteroatoms. The van der Waals surface area contributed by atoms with E-state index in [-0.39, 0.29) is 5.91 Å². The summed E-state index contributed by atoms with van der Waals surface area (Å²) in [5.74, 6) is 1.69. The van der Waals surface area contributed by atoms with Crippen LogP contribution in [0.5, 0.6) is 0 Å². The number of carbonyl (C=O) groups excluding carboxylic acids is 1. The van der Waals surface area contributed by atoms with Crippen LogP contribution in [0.25, 0.3) is 0 Å². The van der Waals surface area contributed by atoms with E-state index in [4.69, 9.17) is 0 Å². The fraction of sp³-hybridized carbons (Fsp3) is 0.632. The number of nitriles is 1. The molecule has 1 aromatic heterocycles. The highest BCUT2D eigenvalue weighted by molar-refractivity contribution is 5.78. The molecule has 0 aromatic carbocycles. The second kappa shape index (κ2) is 8.30. The average Bonchev–Trinajstić information content (AvgIpc) is 2.64. The van der Waals surface area contributed by atoms with Gasteiger partial charge in [-0.05, 0) is 43.7 Å². The minimum absolute atomic E-state index is 0.142.